The number of ether oxygens (including phenoxy) is 3. The van der Waals surface area contributed by atoms with Crippen LogP contribution in [0.5, 0.6) is 11.5 Å². The second kappa shape index (κ2) is 9.25. The van der Waals surface area contributed by atoms with Gasteiger partial charge in [0.2, 0.25) is 0 Å². The molecule has 0 saturated carbocycles. The number of nitrogens with zero attached hydrogens (tertiary/aromatic N) is 2. The average Bonchev–Trinajstić information content (AvgIpc) is 3.26. The normalized spacial score (nSPS) is 16.4. The lowest BCUT2D eigenvalue weighted by Gasteiger charge is -2.26. The van der Waals surface area contributed by atoms with Gasteiger partial charge in [-0.2, -0.15) is 0 Å². The molecule has 2 aromatic carbocycles. The Bertz CT molecular complexity index is 954. The standard InChI is InChI=1S/C24H28N2O3/c1-27-23-9-3-6-20(24(23)28-2)16-26(17-21-8-5-13-29-21)15-18-10-11-22-19(14-18)7-4-12-25-22/h3-4,6-7,9-12,14,21H,5,8,13,15-17H2,1-2H3. The minimum atomic E-state index is 0.286. The molecule has 3 aromatic rings. The topological polar surface area (TPSA) is 43.8 Å². The van der Waals surface area contributed by atoms with Crippen molar-refractivity contribution >= 4 is 10.9 Å². The van der Waals surface area contributed by atoms with Crippen molar-refractivity contribution in [3.63, 3.8) is 0 Å². The number of rotatable bonds is 8. The Morgan fingerprint density at radius 2 is 2.00 bits per heavy atom. The summed E-state index contributed by atoms with van der Waals surface area (Å²) in [5, 5.41) is 1.17. The molecule has 0 spiro atoms. The molecule has 5 nitrogen and oxygen atoms in total. The maximum absolute atomic E-state index is 5.92. The van der Waals surface area contributed by atoms with Crippen molar-refractivity contribution in [1.82, 2.24) is 9.88 Å². The molecule has 1 aliphatic heterocycles. The predicted molar refractivity (Wildman–Crippen MR) is 114 cm³/mol. The number of hydrogen-bond acceptors (Lipinski definition) is 5. The molecule has 1 unspecified atom stereocenters. The SMILES string of the molecule is COc1cccc(CN(Cc2ccc3ncccc3c2)CC2CCCO2)c1OC. The molecular weight excluding hydrogens is 364 g/mol. The highest BCUT2D eigenvalue weighted by atomic mass is 16.5. The van der Waals surface area contributed by atoms with Crippen molar-refractivity contribution in [3.05, 3.63) is 65.9 Å². The summed E-state index contributed by atoms with van der Waals surface area (Å²) < 4.78 is 17.1. The lowest BCUT2D eigenvalue weighted by molar-refractivity contribution is 0.0676. The fourth-order valence-electron chi connectivity index (χ4n) is 4.06. The van der Waals surface area contributed by atoms with E-state index in [1.807, 2.05) is 24.4 Å². The first kappa shape index (κ1) is 19.7. The summed E-state index contributed by atoms with van der Waals surface area (Å²) in [5.74, 6) is 1.56. The highest BCUT2D eigenvalue weighted by Crippen LogP contribution is 2.32. The van der Waals surface area contributed by atoms with Gasteiger partial charge in [-0.15, -0.1) is 0 Å². The number of hydrogen-bond donors (Lipinski definition) is 0. The molecule has 4 rings (SSSR count). The molecule has 0 N–H and O–H groups in total. The van der Waals surface area contributed by atoms with Crippen LogP contribution in [0.1, 0.15) is 24.0 Å². The van der Waals surface area contributed by atoms with Crippen molar-refractivity contribution in [2.24, 2.45) is 0 Å². The molecule has 0 amide bonds. The maximum atomic E-state index is 5.92. The molecule has 5 heteroatoms. The summed E-state index contributed by atoms with van der Waals surface area (Å²) >= 11 is 0. The van der Waals surface area contributed by atoms with Gasteiger partial charge < -0.3 is 14.2 Å². The highest BCUT2D eigenvalue weighted by Gasteiger charge is 2.21. The third-order valence-electron chi connectivity index (χ3n) is 5.44. The molecule has 1 atom stereocenters. The smallest absolute Gasteiger partial charge is 0.165 e. The molecule has 29 heavy (non-hydrogen) atoms. The fourth-order valence-corrected chi connectivity index (χ4v) is 4.06. The van der Waals surface area contributed by atoms with Gasteiger partial charge in [-0.1, -0.05) is 24.3 Å². The zero-order chi connectivity index (χ0) is 20.1. The third kappa shape index (κ3) is 4.69. The molecule has 1 fully saturated rings. The van der Waals surface area contributed by atoms with E-state index in [0.29, 0.717) is 0 Å². The molecular formula is C24H28N2O3. The predicted octanol–water partition coefficient (Wildman–Crippen LogP) is 4.43. The van der Waals surface area contributed by atoms with Crippen LogP contribution >= 0.6 is 0 Å². The Kier molecular flexibility index (Phi) is 6.27. The monoisotopic (exact) mass is 392 g/mol. The minimum Gasteiger partial charge on any atom is -0.493 e. The van der Waals surface area contributed by atoms with Gasteiger partial charge in [-0.3, -0.25) is 9.88 Å². The Morgan fingerprint density at radius 1 is 1.07 bits per heavy atom. The van der Waals surface area contributed by atoms with Crippen LogP contribution < -0.4 is 9.47 Å². The van der Waals surface area contributed by atoms with E-state index in [1.165, 1.54) is 10.9 Å². The lowest BCUT2D eigenvalue weighted by Crippen LogP contribution is -2.31. The number of para-hydroxylation sites is 1. The van der Waals surface area contributed by atoms with Gasteiger partial charge in [0, 0.05) is 43.4 Å². The molecule has 0 bridgehead atoms. The average molecular weight is 392 g/mol. The van der Waals surface area contributed by atoms with E-state index in [0.717, 1.165) is 61.7 Å². The van der Waals surface area contributed by atoms with Crippen LogP contribution in [0.4, 0.5) is 0 Å². The summed E-state index contributed by atoms with van der Waals surface area (Å²) in [6.45, 7) is 3.37. The zero-order valence-corrected chi connectivity index (χ0v) is 17.1. The molecule has 1 aliphatic rings. The van der Waals surface area contributed by atoms with Crippen LogP contribution in [0.15, 0.2) is 54.7 Å². The molecule has 0 radical (unpaired) electrons. The van der Waals surface area contributed by atoms with E-state index in [-0.39, 0.29) is 6.10 Å². The molecule has 152 valence electrons. The van der Waals surface area contributed by atoms with Gasteiger partial charge in [0.05, 0.1) is 25.8 Å². The van der Waals surface area contributed by atoms with Crippen molar-refractivity contribution in [2.45, 2.75) is 32.0 Å². The van der Waals surface area contributed by atoms with Crippen molar-refractivity contribution in [2.75, 3.05) is 27.4 Å². The minimum absolute atomic E-state index is 0.286. The largest absolute Gasteiger partial charge is 0.493 e. The van der Waals surface area contributed by atoms with E-state index in [4.69, 9.17) is 14.2 Å². The van der Waals surface area contributed by atoms with Crippen molar-refractivity contribution < 1.29 is 14.2 Å². The highest BCUT2D eigenvalue weighted by molar-refractivity contribution is 5.78. The zero-order valence-electron chi connectivity index (χ0n) is 17.1. The Morgan fingerprint density at radius 3 is 2.79 bits per heavy atom. The Balaban J connectivity index is 1.59. The van der Waals surface area contributed by atoms with Crippen molar-refractivity contribution in [1.29, 1.82) is 0 Å². The first-order valence-electron chi connectivity index (χ1n) is 10.1. The van der Waals surface area contributed by atoms with Crippen LogP contribution in [-0.2, 0) is 17.8 Å². The number of fused-ring (bicyclic) bond motifs is 1. The number of pyridine rings is 1. The van der Waals surface area contributed by atoms with Crippen LogP contribution in [0.3, 0.4) is 0 Å². The van der Waals surface area contributed by atoms with E-state index < -0.39 is 0 Å². The summed E-state index contributed by atoms with van der Waals surface area (Å²) in [7, 11) is 3.37. The molecule has 1 saturated heterocycles. The summed E-state index contributed by atoms with van der Waals surface area (Å²) in [4.78, 5) is 6.87. The third-order valence-corrected chi connectivity index (χ3v) is 5.44. The number of aromatic nitrogens is 1. The van der Waals surface area contributed by atoms with Gasteiger partial charge in [0.25, 0.3) is 0 Å². The lowest BCUT2D eigenvalue weighted by atomic mass is 10.1. The first-order valence-corrected chi connectivity index (χ1v) is 10.1. The quantitative estimate of drug-likeness (QED) is 0.567. The molecule has 0 aliphatic carbocycles. The van der Waals surface area contributed by atoms with Crippen LogP contribution in [0.25, 0.3) is 10.9 Å². The van der Waals surface area contributed by atoms with E-state index in [1.54, 1.807) is 14.2 Å². The second-order valence-corrected chi connectivity index (χ2v) is 7.49. The molecule has 2 heterocycles. The van der Waals surface area contributed by atoms with Gasteiger partial charge in [0.1, 0.15) is 0 Å². The van der Waals surface area contributed by atoms with Crippen LogP contribution in [-0.4, -0.2) is 43.4 Å². The maximum Gasteiger partial charge on any atom is 0.165 e. The van der Waals surface area contributed by atoms with E-state index in [9.17, 15) is 0 Å². The second-order valence-electron chi connectivity index (χ2n) is 7.49. The van der Waals surface area contributed by atoms with Crippen LogP contribution in [0.2, 0.25) is 0 Å². The number of methoxy groups -OCH3 is 2. The summed E-state index contributed by atoms with van der Waals surface area (Å²) in [6.07, 6.45) is 4.38. The van der Waals surface area contributed by atoms with Crippen molar-refractivity contribution in [3.8, 4) is 11.5 Å². The first-order chi connectivity index (χ1) is 14.3. The summed E-state index contributed by atoms with van der Waals surface area (Å²) in [6, 6.07) is 16.6. The Hall–Kier alpha value is -2.63. The van der Waals surface area contributed by atoms with E-state index >= 15 is 0 Å². The van der Waals surface area contributed by atoms with Gasteiger partial charge in [-0.05, 0) is 42.7 Å². The van der Waals surface area contributed by atoms with Gasteiger partial charge in [0.15, 0.2) is 11.5 Å². The number of benzene rings is 2. The van der Waals surface area contributed by atoms with Gasteiger partial charge in [-0.25, -0.2) is 0 Å². The van der Waals surface area contributed by atoms with E-state index in [2.05, 4.69) is 40.2 Å². The van der Waals surface area contributed by atoms with Gasteiger partial charge >= 0.3 is 0 Å². The van der Waals surface area contributed by atoms with Crippen LogP contribution in [0, 0.1) is 0 Å². The Labute approximate surface area is 172 Å². The molecule has 1 aromatic heterocycles. The fraction of sp³-hybridized carbons (Fsp3) is 0.375. The summed E-state index contributed by atoms with van der Waals surface area (Å²) in [5.41, 5.74) is 3.41.